The van der Waals surface area contributed by atoms with Gasteiger partial charge < -0.3 is 5.32 Å². The van der Waals surface area contributed by atoms with Crippen LogP contribution in [-0.4, -0.2) is 13.1 Å². The Hall–Kier alpha value is -0.0400. The summed E-state index contributed by atoms with van der Waals surface area (Å²) in [5, 5.41) is 3.51. The van der Waals surface area contributed by atoms with E-state index < -0.39 is 0 Å². The molecule has 0 spiro atoms. The minimum Gasteiger partial charge on any atom is -0.317 e. The van der Waals surface area contributed by atoms with E-state index in [0.717, 1.165) is 12.0 Å². The third-order valence-corrected chi connectivity index (χ3v) is 4.77. The summed E-state index contributed by atoms with van der Waals surface area (Å²) in [6.07, 6.45) is 4.00. The first-order valence-electron chi connectivity index (χ1n) is 6.06. The number of hydrogen-bond acceptors (Lipinski definition) is 1. The Morgan fingerprint density at radius 3 is 1.93 bits per heavy atom. The van der Waals surface area contributed by atoms with E-state index in [0.29, 0.717) is 10.8 Å². The molecule has 1 rings (SSSR count). The van der Waals surface area contributed by atoms with Crippen LogP contribution in [0.3, 0.4) is 0 Å². The van der Waals surface area contributed by atoms with Crippen LogP contribution in [-0.2, 0) is 0 Å². The van der Waals surface area contributed by atoms with E-state index in [-0.39, 0.29) is 0 Å². The van der Waals surface area contributed by atoms with Gasteiger partial charge in [0.25, 0.3) is 0 Å². The van der Waals surface area contributed by atoms with Gasteiger partial charge in [0.1, 0.15) is 0 Å². The standard InChI is InChI=1S/C13H27N/c1-7-8-9-10(14-6)11-12(2,3)13(11,4)5/h10-11,14H,7-9H2,1-6H3. The van der Waals surface area contributed by atoms with Crippen molar-refractivity contribution in [3.05, 3.63) is 0 Å². The van der Waals surface area contributed by atoms with E-state index in [1.807, 2.05) is 0 Å². The fourth-order valence-electron chi connectivity index (χ4n) is 3.16. The SMILES string of the molecule is CCCCC(NC)C1C(C)(C)C1(C)C. The molecule has 0 bridgehead atoms. The third-order valence-electron chi connectivity index (χ3n) is 4.77. The first-order chi connectivity index (χ1) is 6.39. The zero-order valence-electron chi connectivity index (χ0n) is 10.8. The first-order valence-corrected chi connectivity index (χ1v) is 6.06. The van der Waals surface area contributed by atoms with Crippen molar-refractivity contribution in [3.8, 4) is 0 Å². The molecule has 0 aliphatic heterocycles. The predicted octanol–water partition coefficient (Wildman–Crippen LogP) is 3.45. The Balaban J connectivity index is 2.56. The van der Waals surface area contributed by atoms with Crippen LogP contribution in [0.1, 0.15) is 53.9 Å². The molecule has 0 aromatic carbocycles. The lowest BCUT2D eigenvalue weighted by Gasteiger charge is -2.18. The quantitative estimate of drug-likeness (QED) is 0.712. The molecule has 1 N–H and O–H groups in total. The lowest BCUT2D eigenvalue weighted by molar-refractivity contribution is 0.390. The maximum Gasteiger partial charge on any atom is 0.0103 e. The molecule has 0 amide bonds. The molecule has 1 unspecified atom stereocenters. The van der Waals surface area contributed by atoms with E-state index in [2.05, 4.69) is 47.0 Å². The molecule has 0 heterocycles. The second-order valence-corrected chi connectivity index (χ2v) is 5.96. The number of rotatable bonds is 5. The molecule has 1 aliphatic carbocycles. The van der Waals surface area contributed by atoms with E-state index in [1.165, 1.54) is 19.3 Å². The molecular weight excluding hydrogens is 170 g/mol. The van der Waals surface area contributed by atoms with Crippen LogP contribution >= 0.6 is 0 Å². The summed E-state index contributed by atoms with van der Waals surface area (Å²) in [4.78, 5) is 0. The van der Waals surface area contributed by atoms with Gasteiger partial charge in [-0.3, -0.25) is 0 Å². The van der Waals surface area contributed by atoms with E-state index in [9.17, 15) is 0 Å². The van der Waals surface area contributed by atoms with Crippen LogP contribution in [0.5, 0.6) is 0 Å². The number of unbranched alkanes of at least 4 members (excludes halogenated alkanes) is 1. The molecule has 1 fully saturated rings. The third kappa shape index (κ3) is 1.71. The molecule has 1 nitrogen and oxygen atoms in total. The van der Waals surface area contributed by atoms with Gasteiger partial charge in [0, 0.05) is 6.04 Å². The van der Waals surface area contributed by atoms with Crippen LogP contribution < -0.4 is 5.32 Å². The van der Waals surface area contributed by atoms with Gasteiger partial charge in [-0.2, -0.15) is 0 Å². The van der Waals surface area contributed by atoms with Crippen molar-refractivity contribution in [1.29, 1.82) is 0 Å². The second kappa shape index (κ2) is 3.84. The normalized spacial score (nSPS) is 26.1. The van der Waals surface area contributed by atoms with Gasteiger partial charge in [0.05, 0.1) is 0 Å². The highest BCUT2D eigenvalue weighted by Crippen LogP contribution is 2.69. The molecule has 1 heteroatoms. The Bertz CT molecular complexity index is 179. The summed E-state index contributed by atoms with van der Waals surface area (Å²) in [5.74, 6) is 0.853. The van der Waals surface area contributed by atoms with Crippen LogP contribution in [0.25, 0.3) is 0 Å². The fraction of sp³-hybridized carbons (Fsp3) is 1.00. The molecule has 14 heavy (non-hydrogen) atoms. The molecule has 1 saturated carbocycles. The molecule has 0 aromatic heterocycles. The van der Waals surface area contributed by atoms with Crippen molar-refractivity contribution in [1.82, 2.24) is 5.32 Å². The van der Waals surface area contributed by atoms with Gasteiger partial charge in [0.15, 0.2) is 0 Å². The summed E-state index contributed by atoms with van der Waals surface area (Å²) in [5.41, 5.74) is 1.04. The van der Waals surface area contributed by atoms with E-state index in [4.69, 9.17) is 0 Å². The first kappa shape index (κ1) is 12.0. The fourth-order valence-corrected chi connectivity index (χ4v) is 3.16. The molecule has 1 aliphatic rings. The van der Waals surface area contributed by atoms with Crippen molar-refractivity contribution in [2.75, 3.05) is 7.05 Å². The Labute approximate surface area is 89.7 Å². The van der Waals surface area contributed by atoms with Crippen LogP contribution in [0.4, 0.5) is 0 Å². The van der Waals surface area contributed by atoms with E-state index in [1.54, 1.807) is 0 Å². The van der Waals surface area contributed by atoms with Crippen molar-refractivity contribution in [3.63, 3.8) is 0 Å². The maximum absolute atomic E-state index is 3.51. The van der Waals surface area contributed by atoms with Crippen LogP contribution in [0.2, 0.25) is 0 Å². The molecule has 0 aromatic rings. The summed E-state index contributed by atoms with van der Waals surface area (Å²) in [6, 6.07) is 0.722. The van der Waals surface area contributed by atoms with E-state index >= 15 is 0 Å². The highest BCUT2D eigenvalue weighted by molar-refractivity contribution is 5.15. The van der Waals surface area contributed by atoms with Gasteiger partial charge in [-0.15, -0.1) is 0 Å². The average molecular weight is 197 g/mol. The Kier molecular flexibility index (Phi) is 3.30. The van der Waals surface area contributed by atoms with Gasteiger partial charge in [-0.25, -0.2) is 0 Å². The predicted molar refractivity (Wildman–Crippen MR) is 63.4 cm³/mol. The lowest BCUT2D eigenvalue weighted by atomic mass is 9.99. The average Bonchev–Trinajstić information content (AvgIpc) is 2.48. The molecular formula is C13H27N. The summed E-state index contributed by atoms with van der Waals surface area (Å²) in [7, 11) is 2.12. The number of hydrogen-bond donors (Lipinski definition) is 1. The van der Waals surface area contributed by atoms with Gasteiger partial charge >= 0.3 is 0 Å². The van der Waals surface area contributed by atoms with Gasteiger partial charge in [-0.1, -0.05) is 47.5 Å². The van der Waals surface area contributed by atoms with Crippen LogP contribution in [0, 0.1) is 16.7 Å². The van der Waals surface area contributed by atoms with Crippen LogP contribution in [0.15, 0.2) is 0 Å². The molecule has 1 atom stereocenters. The van der Waals surface area contributed by atoms with Gasteiger partial charge in [-0.05, 0) is 30.2 Å². The zero-order valence-corrected chi connectivity index (χ0v) is 10.8. The summed E-state index contributed by atoms with van der Waals surface area (Å²) in [6.45, 7) is 11.9. The summed E-state index contributed by atoms with van der Waals surface area (Å²) < 4.78 is 0. The second-order valence-electron chi connectivity index (χ2n) is 5.96. The maximum atomic E-state index is 3.51. The van der Waals surface area contributed by atoms with Gasteiger partial charge in [0.2, 0.25) is 0 Å². The zero-order chi connectivity index (χ0) is 11.0. The smallest absolute Gasteiger partial charge is 0.0103 e. The lowest BCUT2D eigenvalue weighted by Crippen LogP contribution is -2.30. The van der Waals surface area contributed by atoms with Crippen molar-refractivity contribution >= 4 is 0 Å². The molecule has 0 radical (unpaired) electrons. The van der Waals surface area contributed by atoms with Crippen molar-refractivity contribution < 1.29 is 0 Å². The highest BCUT2D eigenvalue weighted by Gasteiger charge is 2.66. The molecule has 84 valence electrons. The Morgan fingerprint density at radius 1 is 1.14 bits per heavy atom. The van der Waals surface area contributed by atoms with Crippen molar-refractivity contribution in [2.24, 2.45) is 16.7 Å². The summed E-state index contributed by atoms with van der Waals surface area (Å²) >= 11 is 0. The number of nitrogens with one attached hydrogen (secondary N) is 1. The highest BCUT2D eigenvalue weighted by atomic mass is 14.9. The molecule has 0 saturated heterocycles. The monoisotopic (exact) mass is 197 g/mol. The van der Waals surface area contributed by atoms with Crippen molar-refractivity contribution in [2.45, 2.75) is 59.9 Å². The largest absolute Gasteiger partial charge is 0.317 e. The Morgan fingerprint density at radius 2 is 1.64 bits per heavy atom. The minimum absolute atomic E-state index is 0.522. The topological polar surface area (TPSA) is 12.0 Å². The minimum atomic E-state index is 0.522.